The minimum Gasteiger partial charge on any atom is -0.481 e. The molecule has 0 fully saturated rings. The maximum atomic E-state index is 5.49. The van der Waals surface area contributed by atoms with Gasteiger partial charge in [-0.1, -0.05) is 54.5 Å². The van der Waals surface area contributed by atoms with Gasteiger partial charge in [-0.05, 0) is 36.8 Å². The van der Waals surface area contributed by atoms with E-state index < -0.39 is 0 Å². The van der Waals surface area contributed by atoms with Crippen molar-refractivity contribution in [2.75, 3.05) is 6.61 Å². The van der Waals surface area contributed by atoms with Crippen LogP contribution in [-0.2, 0) is 0 Å². The summed E-state index contributed by atoms with van der Waals surface area (Å²) in [4.78, 5) is 9.03. The first kappa shape index (κ1) is 16.5. The molecule has 25 heavy (non-hydrogen) atoms. The number of aromatic nitrogens is 2. The quantitative estimate of drug-likeness (QED) is 0.641. The zero-order chi connectivity index (χ0) is 17.5. The minimum atomic E-state index is 0.247. The van der Waals surface area contributed by atoms with Crippen molar-refractivity contribution in [3.05, 3.63) is 77.7 Å². The van der Waals surface area contributed by atoms with E-state index in [1.807, 2.05) is 67.6 Å². The number of aryl methyl sites for hydroxylation is 1. The average Bonchev–Trinajstić information content (AvgIpc) is 2.65. The molecule has 0 saturated carbocycles. The topological polar surface area (TPSA) is 35.0 Å². The molecule has 2 aromatic carbocycles. The number of terminal acetylenes is 1. The van der Waals surface area contributed by atoms with Crippen molar-refractivity contribution in [3.63, 3.8) is 0 Å². The molecule has 0 bridgehead atoms. The van der Waals surface area contributed by atoms with Gasteiger partial charge >= 0.3 is 0 Å². The lowest BCUT2D eigenvalue weighted by Gasteiger charge is -2.07. The first-order valence-electron chi connectivity index (χ1n) is 8.00. The van der Waals surface area contributed by atoms with E-state index in [-0.39, 0.29) is 6.61 Å². The molecular weight excluding hydrogens is 308 g/mol. The van der Waals surface area contributed by atoms with Crippen LogP contribution in [0, 0.1) is 19.3 Å². The number of hydrogen-bond donors (Lipinski definition) is 0. The van der Waals surface area contributed by atoms with Gasteiger partial charge in [0.25, 0.3) is 0 Å². The molecule has 3 aromatic rings. The lowest BCUT2D eigenvalue weighted by atomic mass is 10.1. The van der Waals surface area contributed by atoms with E-state index >= 15 is 0 Å². The summed E-state index contributed by atoms with van der Waals surface area (Å²) in [5.41, 5.74) is 3.81. The van der Waals surface area contributed by atoms with E-state index in [0.717, 1.165) is 34.1 Å². The first-order chi connectivity index (χ1) is 12.2. The summed E-state index contributed by atoms with van der Waals surface area (Å²) in [5.74, 6) is 3.92. The zero-order valence-electron chi connectivity index (χ0n) is 14.0. The molecule has 0 spiro atoms. The van der Waals surface area contributed by atoms with Gasteiger partial charge in [-0.2, -0.15) is 0 Å². The molecule has 122 valence electrons. The van der Waals surface area contributed by atoms with Gasteiger partial charge in [0.15, 0.2) is 0 Å². The molecule has 1 heterocycles. The monoisotopic (exact) mass is 326 g/mol. The highest BCUT2D eigenvalue weighted by molar-refractivity contribution is 5.71. The average molecular weight is 326 g/mol. The largest absolute Gasteiger partial charge is 0.481 e. The number of benzene rings is 2. The molecule has 0 saturated heterocycles. The standard InChI is InChI=1S/C22H18N2O/c1-3-14-25-21-11-7-10-19(15-21)22-16-20(23-17(2)24-22)13-12-18-8-5-4-6-9-18/h1,4-13,15-16H,14H2,2H3/b13-12+. The summed E-state index contributed by atoms with van der Waals surface area (Å²) in [6, 6.07) is 19.8. The number of hydrogen-bond acceptors (Lipinski definition) is 3. The van der Waals surface area contributed by atoms with Crippen LogP contribution in [0.1, 0.15) is 17.1 Å². The van der Waals surface area contributed by atoms with Crippen LogP contribution in [0.15, 0.2) is 60.7 Å². The zero-order valence-corrected chi connectivity index (χ0v) is 14.0. The van der Waals surface area contributed by atoms with Gasteiger partial charge in [0.05, 0.1) is 11.4 Å². The fraction of sp³-hybridized carbons (Fsp3) is 0.0909. The van der Waals surface area contributed by atoms with E-state index in [2.05, 4.69) is 28.0 Å². The maximum Gasteiger partial charge on any atom is 0.148 e. The summed E-state index contributed by atoms with van der Waals surface area (Å²) < 4.78 is 5.49. The van der Waals surface area contributed by atoms with Crippen molar-refractivity contribution in [2.24, 2.45) is 0 Å². The number of nitrogens with zero attached hydrogens (tertiary/aromatic N) is 2. The Hall–Kier alpha value is -3.38. The van der Waals surface area contributed by atoms with Crippen LogP contribution in [-0.4, -0.2) is 16.6 Å². The second-order valence-electron chi connectivity index (χ2n) is 5.49. The number of ether oxygens (including phenoxy) is 1. The summed E-state index contributed by atoms with van der Waals surface area (Å²) >= 11 is 0. The van der Waals surface area contributed by atoms with Crippen LogP contribution in [0.5, 0.6) is 5.75 Å². The smallest absolute Gasteiger partial charge is 0.148 e. The van der Waals surface area contributed by atoms with Gasteiger partial charge in [-0.3, -0.25) is 0 Å². The van der Waals surface area contributed by atoms with E-state index in [4.69, 9.17) is 11.2 Å². The predicted molar refractivity (Wildman–Crippen MR) is 102 cm³/mol. The molecule has 0 atom stereocenters. The third-order valence-corrected chi connectivity index (χ3v) is 3.56. The molecule has 1 aromatic heterocycles. The fourth-order valence-corrected chi connectivity index (χ4v) is 2.44. The molecule has 0 aliphatic rings. The summed E-state index contributed by atoms with van der Waals surface area (Å²) in [6.07, 6.45) is 9.28. The van der Waals surface area contributed by atoms with Crippen LogP contribution in [0.25, 0.3) is 23.4 Å². The Bertz CT molecular complexity index is 924. The van der Waals surface area contributed by atoms with Crippen LogP contribution < -0.4 is 4.74 Å². The Labute approximate surface area is 148 Å². The minimum absolute atomic E-state index is 0.247. The van der Waals surface area contributed by atoms with Gasteiger partial charge in [0, 0.05) is 5.56 Å². The van der Waals surface area contributed by atoms with Crippen molar-refractivity contribution in [2.45, 2.75) is 6.92 Å². The Morgan fingerprint density at radius 2 is 1.84 bits per heavy atom. The Balaban J connectivity index is 1.89. The molecular formula is C22H18N2O. The molecule has 0 amide bonds. The van der Waals surface area contributed by atoms with Gasteiger partial charge in [0.2, 0.25) is 0 Å². The van der Waals surface area contributed by atoms with Crippen molar-refractivity contribution in [1.82, 2.24) is 9.97 Å². The van der Waals surface area contributed by atoms with Crippen LogP contribution >= 0.6 is 0 Å². The van der Waals surface area contributed by atoms with Gasteiger partial charge < -0.3 is 4.74 Å². The van der Waals surface area contributed by atoms with E-state index in [9.17, 15) is 0 Å². The second kappa shape index (κ2) is 7.94. The molecule has 0 aliphatic heterocycles. The Morgan fingerprint density at radius 3 is 2.64 bits per heavy atom. The molecule has 3 heteroatoms. The molecule has 0 aliphatic carbocycles. The fourth-order valence-electron chi connectivity index (χ4n) is 2.44. The Morgan fingerprint density at radius 1 is 1.00 bits per heavy atom. The summed E-state index contributed by atoms with van der Waals surface area (Å²) in [7, 11) is 0. The van der Waals surface area contributed by atoms with E-state index in [1.54, 1.807) is 0 Å². The Kier molecular flexibility index (Phi) is 5.23. The van der Waals surface area contributed by atoms with Crippen molar-refractivity contribution in [1.29, 1.82) is 0 Å². The number of rotatable bonds is 5. The van der Waals surface area contributed by atoms with Gasteiger partial charge in [-0.25, -0.2) is 9.97 Å². The SMILES string of the molecule is C#CCOc1cccc(-c2cc(/C=C/c3ccccc3)nc(C)n2)c1. The maximum absolute atomic E-state index is 5.49. The lowest BCUT2D eigenvalue weighted by molar-refractivity contribution is 0.370. The van der Waals surface area contributed by atoms with Gasteiger partial charge in [0.1, 0.15) is 18.2 Å². The molecule has 0 radical (unpaired) electrons. The highest BCUT2D eigenvalue weighted by Crippen LogP contribution is 2.23. The van der Waals surface area contributed by atoms with Crippen LogP contribution in [0.3, 0.4) is 0 Å². The van der Waals surface area contributed by atoms with Crippen molar-refractivity contribution >= 4 is 12.2 Å². The van der Waals surface area contributed by atoms with Crippen LogP contribution in [0.4, 0.5) is 0 Å². The van der Waals surface area contributed by atoms with E-state index in [1.165, 1.54) is 0 Å². The van der Waals surface area contributed by atoms with Crippen molar-refractivity contribution < 1.29 is 4.74 Å². The third kappa shape index (κ3) is 4.55. The second-order valence-corrected chi connectivity index (χ2v) is 5.49. The van der Waals surface area contributed by atoms with Gasteiger partial charge in [-0.15, -0.1) is 6.42 Å². The molecule has 0 unspecified atom stereocenters. The first-order valence-corrected chi connectivity index (χ1v) is 8.00. The molecule has 0 N–H and O–H groups in total. The highest BCUT2D eigenvalue weighted by Gasteiger charge is 2.05. The lowest BCUT2D eigenvalue weighted by Crippen LogP contribution is -1.96. The molecule has 3 nitrogen and oxygen atoms in total. The molecule has 3 rings (SSSR count). The summed E-state index contributed by atoms with van der Waals surface area (Å²) in [5, 5.41) is 0. The normalized spacial score (nSPS) is 10.6. The predicted octanol–water partition coefficient (Wildman–Crippen LogP) is 4.63. The van der Waals surface area contributed by atoms with Crippen molar-refractivity contribution in [3.8, 4) is 29.4 Å². The highest BCUT2D eigenvalue weighted by atomic mass is 16.5. The van der Waals surface area contributed by atoms with E-state index in [0.29, 0.717) is 0 Å². The van der Waals surface area contributed by atoms with Crippen LogP contribution in [0.2, 0.25) is 0 Å². The third-order valence-electron chi connectivity index (χ3n) is 3.56. The summed E-state index contributed by atoms with van der Waals surface area (Å²) in [6.45, 7) is 2.14.